The Labute approximate surface area is 122 Å². The fraction of sp³-hybridized carbons (Fsp3) is 0.357. The summed E-state index contributed by atoms with van der Waals surface area (Å²) in [5.41, 5.74) is 0.437. The van der Waals surface area contributed by atoms with Crippen molar-refractivity contribution in [2.75, 3.05) is 21.3 Å². The van der Waals surface area contributed by atoms with Gasteiger partial charge in [-0.15, -0.1) is 0 Å². The molecule has 0 aliphatic rings. The molecule has 0 atom stereocenters. The lowest BCUT2D eigenvalue weighted by atomic mass is 10.1. The third-order valence-electron chi connectivity index (χ3n) is 3.01. The van der Waals surface area contributed by atoms with Crippen molar-refractivity contribution in [3.63, 3.8) is 0 Å². The molecule has 0 saturated carbocycles. The lowest BCUT2D eigenvalue weighted by molar-refractivity contribution is 0.0778. The maximum Gasteiger partial charge on any atom is 0.257 e. The number of aryl methyl sites for hydroxylation is 1. The number of ether oxygens (including phenoxy) is 2. The van der Waals surface area contributed by atoms with E-state index < -0.39 is 0 Å². The van der Waals surface area contributed by atoms with Crippen LogP contribution >= 0.6 is 0 Å². The van der Waals surface area contributed by atoms with Gasteiger partial charge < -0.3 is 14.4 Å². The van der Waals surface area contributed by atoms with E-state index in [0.29, 0.717) is 35.3 Å². The maximum absolute atomic E-state index is 12.5. The lowest BCUT2D eigenvalue weighted by Crippen LogP contribution is -2.27. The van der Waals surface area contributed by atoms with Gasteiger partial charge in [-0.1, -0.05) is 0 Å². The zero-order valence-electron chi connectivity index (χ0n) is 12.5. The van der Waals surface area contributed by atoms with Crippen LogP contribution in [0.3, 0.4) is 0 Å². The van der Waals surface area contributed by atoms with Gasteiger partial charge in [0.15, 0.2) is 5.82 Å². The summed E-state index contributed by atoms with van der Waals surface area (Å²) >= 11 is 0. The topological polar surface area (TPSA) is 80.3 Å². The molecule has 2 aromatic rings. The molecular weight excluding hydrogens is 272 g/mol. The van der Waals surface area contributed by atoms with Gasteiger partial charge in [-0.25, -0.2) is 4.98 Å². The highest BCUT2D eigenvalue weighted by Gasteiger charge is 2.19. The molecule has 0 aliphatic heterocycles. The van der Waals surface area contributed by atoms with Crippen LogP contribution < -0.4 is 9.47 Å². The second kappa shape index (κ2) is 6.25. The fourth-order valence-electron chi connectivity index (χ4n) is 1.93. The number of carbonyl (C=O) groups is 1. The SMILES string of the molecule is COc1ccc(OC)c(C(=O)N(C)Cc2n[nH]c(C)n2)c1. The normalized spacial score (nSPS) is 10.3. The van der Waals surface area contributed by atoms with Crippen molar-refractivity contribution in [2.45, 2.75) is 13.5 Å². The predicted molar refractivity (Wildman–Crippen MR) is 76.5 cm³/mol. The van der Waals surface area contributed by atoms with Gasteiger partial charge in [0.1, 0.15) is 17.3 Å². The number of benzene rings is 1. The summed E-state index contributed by atoms with van der Waals surface area (Å²) in [5.74, 6) is 2.18. The Morgan fingerprint density at radius 2 is 2.10 bits per heavy atom. The van der Waals surface area contributed by atoms with Crippen LogP contribution in [-0.2, 0) is 6.54 Å². The van der Waals surface area contributed by atoms with Crippen LogP contribution in [0.2, 0.25) is 0 Å². The predicted octanol–water partition coefficient (Wildman–Crippen LogP) is 1.40. The van der Waals surface area contributed by atoms with Crippen molar-refractivity contribution in [3.8, 4) is 11.5 Å². The monoisotopic (exact) mass is 290 g/mol. The fourth-order valence-corrected chi connectivity index (χ4v) is 1.93. The second-order valence-corrected chi connectivity index (χ2v) is 4.56. The first-order chi connectivity index (χ1) is 10.0. The molecule has 0 fully saturated rings. The third kappa shape index (κ3) is 3.31. The van der Waals surface area contributed by atoms with E-state index in [1.165, 1.54) is 12.0 Å². The lowest BCUT2D eigenvalue weighted by Gasteiger charge is -2.17. The van der Waals surface area contributed by atoms with E-state index in [1.54, 1.807) is 32.4 Å². The highest BCUT2D eigenvalue weighted by Crippen LogP contribution is 2.25. The summed E-state index contributed by atoms with van der Waals surface area (Å²) in [4.78, 5) is 18.2. The summed E-state index contributed by atoms with van der Waals surface area (Å²) in [6.07, 6.45) is 0. The first-order valence-electron chi connectivity index (χ1n) is 6.40. The Kier molecular flexibility index (Phi) is 4.42. The zero-order chi connectivity index (χ0) is 15.4. The molecule has 1 amide bonds. The molecule has 21 heavy (non-hydrogen) atoms. The van der Waals surface area contributed by atoms with Crippen molar-refractivity contribution in [3.05, 3.63) is 35.4 Å². The quantitative estimate of drug-likeness (QED) is 0.900. The smallest absolute Gasteiger partial charge is 0.257 e. The first-order valence-corrected chi connectivity index (χ1v) is 6.40. The first kappa shape index (κ1) is 14.8. The molecule has 0 saturated heterocycles. The van der Waals surface area contributed by atoms with Crippen LogP contribution in [0.5, 0.6) is 11.5 Å². The standard InChI is InChI=1S/C14H18N4O3/c1-9-15-13(17-16-9)8-18(2)14(19)11-7-10(20-3)5-6-12(11)21-4/h5-7H,8H2,1-4H3,(H,15,16,17). The average molecular weight is 290 g/mol. The van der Waals surface area contributed by atoms with E-state index in [9.17, 15) is 4.79 Å². The molecule has 1 heterocycles. The minimum Gasteiger partial charge on any atom is -0.497 e. The molecule has 2 rings (SSSR count). The largest absolute Gasteiger partial charge is 0.497 e. The second-order valence-electron chi connectivity index (χ2n) is 4.56. The molecule has 1 aromatic heterocycles. The summed E-state index contributed by atoms with van der Waals surface area (Å²) in [6, 6.07) is 5.10. The van der Waals surface area contributed by atoms with E-state index in [1.807, 2.05) is 6.92 Å². The zero-order valence-corrected chi connectivity index (χ0v) is 12.5. The Morgan fingerprint density at radius 1 is 1.33 bits per heavy atom. The number of H-pyrrole nitrogens is 1. The van der Waals surface area contributed by atoms with E-state index in [0.717, 1.165) is 0 Å². The van der Waals surface area contributed by atoms with Gasteiger partial charge >= 0.3 is 0 Å². The van der Waals surface area contributed by atoms with Crippen molar-refractivity contribution < 1.29 is 14.3 Å². The van der Waals surface area contributed by atoms with Crippen molar-refractivity contribution >= 4 is 5.91 Å². The number of aromatic amines is 1. The molecule has 1 aromatic carbocycles. The van der Waals surface area contributed by atoms with E-state index >= 15 is 0 Å². The molecule has 0 bridgehead atoms. The Bertz CT molecular complexity index is 639. The Balaban J connectivity index is 2.21. The van der Waals surface area contributed by atoms with Crippen LogP contribution in [0.1, 0.15) is 22.0 Å². The molecule has 112 valence electrons. The van der Waals surface area contributed by atoms with E-state index in [4.69, 9.17) is 9.47 Å². The van der Waals surface area contributed by atoms with Crippen LogP contribution in [0.15, 0.2) is 18.2 Å². The van der Waals surface area contributed by atoms with Gasteiger partial charge in [-0.05, 0) is 25.1 Å². The van der Waals surface area contributed by atoms with Gasteiger partial charge in [0.25, 0.3) is 5.91 Å². The number of carbonyl (C=O) groups excluding carboxylic acids is 1. The molecule has 0 unspecified atom stereocenters. The Morgan fingerprint density at radius 3 is 2.67 bits per heavy atom. The maximum atomic E-state index is 12.5. The molecule has 7 heteroatoms. The number of rotatable bonds is 5. The molecule has 0 aliphatic carbocycles. The number of nitrogens with one attached hydrogen (secondary N) is 1. The number of hydrogen-bond donors (Lipinski definition) is 1. The molecule has 0 radical (unpaired) electrons. The van der Waals surface area contributed by atoms with Crippen LogP contribution in [0.25, 0.3) is 0 Å². The number of nitrogens with zero attached hydrogens (tertiary/aromatic N) is 3. The van der Waals surface area contributed by atoms with Crippen LogP contribution in [0.4, 0.5) is 0 Å². The van der Waals surface area contributed by atoms with Crippen molar-refractivity contribution in [2.24, 2.45) is 0 Å². The summed E-state index contributed by atoms with van der Waals surface area (Å²) in [7, 11) is 4.76. The average Bonchev–Trinajstić information content (AvgIpc) is 2.90. The summed E-state index contributed by atoms with van der Waals surface area (Å²) in [6.45, 7) is 2.12. The van der Waals surface area contributed by atoms with Crippen molar-refractivity contribution in [1.82, 2.24) is 20.1 Å². The highest BCUT2D eigenvalue weighted by atomic mass is 16.5. The van der Waals surface area contributed by atoms with Gasteiger partial charge in [-0.2, -0.15) is 5.10 Å². The van der Waals surface area contributed by atoms with Gasteiger partial charge in [0, 0.05) is 7.05 Å². The summed E-state index contributed by atoms with van der Waals surface area (Å²) < 4.78 is 10.4. The molecule has 1 N–H and O–H groups in total. The van der Waals surface area contributed by atoms with Crippen LogP contribution in [-0.4, -0.2) is 47.3 Å². The number of hydrogen-bond acceptors (Lipinski definition) is 5. The van der Waals surface area contributed by atoms with Crippen LogP contribution in [0, 0.1) is 6.92 Å². The molecule has 0 spiro atoms. The minimum absolute atomic E-state index is 0.187. The highest BCUT2D eigenvalue weighted by molar-refractivity contribution is 5.97. The Hall–Kier alpha value is -2.57. The third-order valence-corrected chi connectivity index (χ3v) is 3.01. The number of amides is 1. The van der Waals surface area contributed by atoms with Gasteiger partial charge in [0.05, 0.1) is 26.3 Å². The van der Waals surface area contributed by atoms with E-state index in [-0.39, 0.29) is 5.91 Å². The number of aromatic nitrogens is 3. The van der Waals surface area contributed by atoms with E-state index in [2.05, 4.69) is 15.2 Å². The van der Waals surface area contributed by atoms with Crippen molar-refractivity contribution in [1.29, 1.82) is 0 Å². The molecular formula is C14H18N4O3. The number of methoxy groups -OCH3 is 2. The minimum atomic E-state index is -0.187. The molecule has 7 nitrogen and oxygen atoms in total. The van der Waals surface area contributed by atoms with Gasteiger partial charge in [-0.3, -0.25) is 9.89 Å². The summed E-state index contributed by atoms with van der Waals surface area (Å²) in [5, 5.41) is 6.77. The van der Waals surface area contributed by atoms with Gasteiger partial charge in [0.2, 0.25) is 0 Å².